The van der Waals surface area contributed by atoms with Crippen LogP contribution in [0, 0.1) is 6.92 Å². The molecule has 6 nitrogen and oxygen atoms in total. The van der Waals surface area contributed by atoms with E-state index in [4.69, 9.17) is 9.47 Å². The predicted molar refractivity (Wildman–Crippen MR) is 118 cm³/mol. The van der Waals surface area contributed by atoms with Crippen LogP contribution in [0.1, 0.15) is 22.4 Å². The lowest BCUT2D eigenvalue weighted by molar-refractivity contribution is 0.352. The Morgan fingerprint density at radius 1 is 1.23 bits per heavy atom. The average molecular weight is 490 g/mol. The Bertz CT molecular complexity index is 706. The Balaban J connectivity index is 0.00000338. The molecule has 2 aromatic rings. The smallest absolute Gasteiger partial charge is 0.191 e. The number of thiazole rings is 1. The van der Waals surface area contributed by atoms with Gasteiger partial charge in [-0.2, -0.15) is 0 Å². The van der Waals surface area contributed by atoms with Crippen molar-refractivity contribution in [3.05, 3.63) is 39.8 Å². The molecule has 1 aromatic carbocycles. The highest BCUT2D eigenvalue weighted by Crippen LogP contribution is 2.30. The first-order valence-corrected chi connectivity index (χ1v) is 9.13. The molecule has 0 bridgehead atoms. The van der Waals surface area contributed by atoms with Gasteiger partial charge in [0.25, 0.3) is 0 Å². The molecule has 0 aliphatic heterocycles. The fourth-order valence-electron chi connectivity index (χ4n) is 2.39. The molecule has 0 saturated heterocycles. The van der Waals surface area contributed by atoms with Crippen LogP contribution in [0.4, 0.5) is 0 Å². The summed E-state index contributed by atoms with van der Waals surface area (Å²) in [6, 6.07) is 5.82. The van der Waals surface area contributed by atoms with E-state index in [2.05, 4.69) is 27.5 Å². The lowest BCUT2D eigenvalue weighted by Gasteiger charge is -2.13. The third kappa shape index (κ3) is 6.64. The Morgan fingerprint density at radius 2 is 2.04 bits per heavy atom. The number of rotatable bonds is 8. The number of methoxy groups -OCH3 is 2. The summed E-state index contributed by atoms with van der Waals surface area (Å²) in [5.41, 5.74) is 0.981. The van der Waals surface area contributed by atoms with Crippen molar-refractivity contribution < 1.29 is 9.47 Å². The Kier molecular flexibility index (Phi) is 10.3. The largest absolute Gasteiger partial charge is 0.493 e. The standard InChI is InChI=1S/C18H26N4O2S.HI/c1-5-19-18(20-10-9-16-21-11-13(2)25-16)22-12-14-7-6-8-15(23-3)17(14)24-4;/h6-8,11H,5,9-10,12H2,1-4H3,(H2,19,20,22);1H. The molecular formula is C18H27IN4O2S. The zero-order chi connectivity index (χ0) is 18.1. The quantitative estimate of drug-likeness (QED) is 0.338. The second-order valence-corrected chi connectivity index (χ2v) is 6.71. The molecule has 0 unspecified atom stereocenters. The molecule has 0 spiro atoms. The Morgan fingerprint density at radius 3 is 2.65 bits per heavy atom. The number of para-hydroxylation sites is 1. The van der Waals surface area contributed by atoms with Crippen LogP contribution in [0.2, 0.25) is 0 Å². The van der Waals surface area contributed by atoms with Crippen molar-refractivity contribution >= 4 is 41.3 Å². The van der Waals surface area contributed by atoms with E-state index in [1.54, 1.807) is 25.6 Å². The Hall–Kier alpha value is -1.55. The topological polar surface area (TPSA) is 67.8 Å². The van der Waals surface area contributed by atoms with Gasteiger partial charge in [-0.05, 0) is 19.9 Å². The minimum absolute atomic E-state index is 0. The van der Waals surface area contributed by atoms with E-state index in [1.165, 1.54) is 4.88 Å². The van der Waals surface area contributed by atoms with Crippen LogP contribution in [-0.4, -0.2) is 38.3 Å². The predicted octanol–water partition coefficient (Wildman–Crippen LogP) is 3.38. The van der Waals surface area contributed by atoms with Crippen LogP contribution in [0.3, 0.4) is 0 Å². The summed E-state index contributed by atoms with van der Waals surface area (Å²) in [7, 11) is 3.28. The van der Waals surface area contributed by atoms with E-state index in [0.717, 1.165) is 41.8 Å². The van der Waals surface area contributed by atoms with Crippen LogP contribution in [0.15, 0.2) is 29.4 Å². The number of halogens is 1. The number of aliphatic imine (C=N–C) groups is 1. The highest BCUT2D eigenvalue weighted by molar-refractivity contribution is 14.0. The van der Waals surface area contributed by atoms with Gasteiger partial charge in [0.2, 0.25) is 0 Å². The molecule has 2 N–H and O–H groups in total. The van der Waals surface area contributed by atoms with Gasteiger partial charge in [-0.1, -0.05) is 12.1 Å². The molecule has 26 heavy (non-hydrogen) atoms. The Labute approximate surface area is 176 Å². The van der Waals surface area contributed by atoms with Crippen LogP contribution in [0.25, 0.3) is 0 Å². The summed E-state index contributed by atoms with van der Waals surface area (Å²) in [4.78, 5) is 10.3. The average Bonchev–Trinajstić information content (AvgIpc) is 3.04. The summed E-state index contributed by atoms with van der Waals surface area (Å²) < 4.78 is 10.8. The first-order chi connectivity index (χ1) is 12.2. The first kappa shape index (κ1) is 22.5. The van der Waals surface area contributed by atoms with Crippen LogP contribution in [0.5, 0.6) is 11.5 Å². The monoisotopic (exact) mass is 490 g/mol. The lowest BCUT2D eigenvalue weighted by Crippen LogP contribution is -2.38. The summed E-state index contributed by atoms with van der Waals surface area (Å²) in [6.45, 7) is 6.21. The molecule has 8 heteroatoms. The van der Waals surface area contributed by atoms with Crippen LogP contribution < -0.4 is 20.1 Å². The zero-order valence-corrected chi connectivity index (χ0v) is 18.8. The van der Waals surface area contributed by atoms with Crippen LogP contribution in [-0.2, 0) is 13.0 Å². The summed E-state index contributed by atoms with van der Waals surface area (Å²) in [5, 5.41) is 7.74. The van der Waals surface area contributed by atoms with Gasteiger partial charge in [-0.15, -0.1) is 35.3 Å². The van der Waals surface area contributed by atoms with Gasteiger partial charge in [0.1, 0.15) is 0 Å². The van der Waals surface area contributed by atoms with E-state index in [9.17, 15) is 0 Å². The molecule has 0 aliphatic rings. The number of aryl methyl sites for hydroxylation is 1. The normalized spacial score (nSPS) is 10.8. The van der Waals surface area contributed by atoms with E-state index in [-0.39, 0.29) is 24.0 Å². The van der Waals surface area contributed by atoms with Crippen molar-refractivity contribution in [3.8, 4) is 11.5 Å². The molecule has 0 atom stereocenters. The van der Waals surface area contributed by atoms with Crippen molar-refractivity contribution in [3.63, 3.8) is 0 Å². The lowest BCUT2D eigenvalue weighted by atomic mass is 10.2. The molecular weight excluding hydrogens is 463 g/mol. The second kappa shape index (κ2) is 11.9. The van der Waals surface area contributed by atoms with E-state index >= 15 is 0 Å². The minimum atomic E-state index is 0. The number of hydrogen-bond acceptors (Lipinski definition) is 5. The highest BCUT2D eigenvalue weighted by atomic mass is 127. The maximum Gasteiger partial charge on any atom is 0.191 e. The van der Waals surface area contributed by atoms with Gasteiger partial charge in [-0.25, -0.2) is 9.98 Å². The number of nitrogens with one attached hydrogen (secondary N) is 2. The maximum atomic E-state index is 5.46. The maximum absolute atomic E-state index is 5.46. The molecule has 0 amide bonds. The van der Waals surface area contributed by atoms with Crippen molar-refractivity contribution in [2.24, 2.45) is 4.99 Å². The van der Waals surface area contributed by atoms with Gasteiger partial charge >= 0.3 is 0 Å². The van der Waals surface area contributed by atoms with Gasteiger partial charge < -0.3 is 20.1 Å². The second-order valence-electron chi connectivity index (χ2n) is 5.39. The summed E-state index contributed by atoms with van der Waals surface area (Å²) in [5.74, 6) is 2.22. The fraction of sp³-hybridized carbons (Fsp3) is 0.444. The molecule has 0 radical (unpaired) electrons. The molecule has 2 rings (SSSR count). The van der Waals surface area contributed by atoms with Crippen LogP contribution >= 0.6 is 35.3 Å². The van der Waals surface area contributed by atoms with Crippen molar-refractivity contribution in [1.82, 2.24) is 15.6 Å². The molecule has 0 fully saturated rings. The highest BCUT2D eigenvalue weighted by Gasteiger charge is 2.09. The van der Waals surface area contributed by atoms with Gasteiger partial charge in [0.05, 0.1) is 25.8 Å². The summed E-state index contributed by atoms with van der Waals surface area (Å²) in [6.07, 6.45) is 2.79. The van der Waals surface area contributed by atoms with E-state index in [0.29, 0.717) is 12.3 Å². The first-order valence-electron chi connectivity index (χ1n) is 8.31. The molecule has 1 heterocycles. The number of nitrogens with zero attached hydrogens (tertiary/aromatic N) is 2. The third-order valence-corrected chi connectivity index (χ3v) is 4.51. The minimum Gasteiger partial charge on any atom is -0.493 e. The number of ether oxygens (including phenoxy) is 2. The number of aromatic nitrogens is 1. The fourth-order valence-corrected chi connectivity index (χ4v) is 3.18. The van der Waals surface area contributed by atoms with Gasteiger partial charge in [0.15, 0.2) is 17.5 Å². The zero-order valence-electron chi connectivity index (χ0n) is 15.7. The molecule has 144 valence electrons. The van der Waals surface area contributed by atoms with Gasteiger partial charge in [-0.3, -0.25) is 0 Å². The summed E-state index contributed by atoms with van der Waals surface area (Å²) >= 11 is 1.73. The van der Waals surface area contributed by atoms with Crippen molar-refractivity contribution in [2.75, 3.05) is 27.3 Å². The number of hydrogen-bond donors (Lipinski definition) is 2. The SMILES string of the molecule is CCNC(=NCc1cccc(OC)c1OC)NCCc1ncc(C)s1.I. The van der Waals surface area contributed by atoms with Gasteiger partial charge in [0, 0.05) is 36.1 Å². The van der Waals surface area contributed by atoms with E-state index in [1.807, 2.05) is 31.3 Å². The van der Waals surface area contributed by atoms with Crippen molar-refractivity contribution in [1.29, 1.82) is 0 Å². The molecule has 0 aliphatic carbocycles. The van der Waals surface area contributed by atoms with E-state index < -0.39 is 0 Å². The third-order valence-electron chi connectivity index (χ3n) is 3.54. The molecule has 1 aromatic heterocycles. The number of benzene rings is 1. The molecule has 0 saturated carbocycles. The number of guanidine groups is 1. The van der Waals surface area contributed by atoms with Crippen molar-refractivity contribution in [2.45, 2.75) is 26.8 Å².